The Morgan fingerprint density at radius 2 is 1.81 bits per heavy atom. The Bertz CT molecular complexity index is 720. The second-order valence-electron chi connectivity index (χ2n) is 6.49. The van der Waals surface area contributed by atoms with Gasteiger partial charge in [-0.1, -0.05) is 18.2 Å². The Balaban J connectivity index is 1.29. The minimum atomic E-state index is -0.886. The molecule has 4 nitrogen and oxygen atoms in total. The summed E-state index contributed by atoms with van der Waals surface area (Å²) >= 11 is -0.886. The highest BCUT2D eigenvalue weighted by molar-refractivity contribution is 7.91. The van der Waals surface area contributed by atoms with Crippen molar-refractivity contribution in [3.05, 3.63) is 54.1 Å². The van der Waals surface area contributed by atoms with Gasteiger partial charge in [-0.15, -0.1) is 0 Å². The lowest BCUT2D eigenvalue weighted by Crippen LogP contribution is -2.18. The van der Waals surface area contributed by atoms with Gasteiger partial charge in [-0.2, -0.15) is 0 Å². The number of carbonyl (C=O) groups is 1. The van der Waals surface area contributed by atoms with Crippen LogP contribution in [0.15, 0.2) is 53.4 Å². The monoisotopic (exact) mass is 371 g/mol. The number of unbranched alkanes of at least 4 members (excludes halogenated alkanes) is 3. The lowest BCUT2D eigenvalue weighted by Gasteiger charge is -2.17. The summed E-state index contributed by atoms with van der Waals surface area (Å²) in [7, 11) is 0. The predicted octanol–water partition coefficient (Wildman–Crippen LogP) is 4.32. The molecule has 0 saturated carbocycles. The van der Waals surface area contributed by atoms with Crippen LogP contribution >= 0.6 is 0 Å². The van der Waals surface area contributed by atoms with Crippen molar-refractivity contribution < 1.29 is 14.1 Å². The first kappa shape index (κ1) is 18.8. The minimum absolute atomic E-state index is 0.0827. The van der Waals surface area contributed by atoms with Crippen LogP contribution in [-0.2, 0) is 22.4 Å². The molecule has 0 saturated heterocycles. The van der Waals surface area contributed by atoms with Crippen LogP contribution < -0.4 is 10.1 Å². The van der Waals surface area contributed by atoms with Crippen molar-refractivity contribution in [3.63, 3.8) is 0 Å². The van der Waals surface area contributed by atoms with Crippen molar-refractivity contribution in [1.29, 1.82) is 0 Å². The summed E-state index contributed by atoms with van der Waals surface area (Å²) in [6, 6.07) is 15.5. The maximum Gasteiger partial charge on any atom is 0.224 e. The Hall–Kier alpha value is -1.98. The topological polar surface area (TPSA) is 61.4 Å². The van der Waals surface area contributed by atoms with Gasteiger partial charge in [0.2, 0.25) is 5.91 Å². The molecular weight excluding hydrogens is 346 g/mol. The highest BCUT2D eigenvalue weighted by Gasteiger charge is 2.15. The number of hydrogen-bond acceptors (Lipinski definition) is 3. The van der Waals surface area contributed by atoms with Crippen LogP contribution in [-0.4, -0.2) is 22.8 Å². The van der Waals surface area contributed by atoms with Crippen LogP contribution in [0.1, 0.15) is 37.7 Å². The third-order valence-corrected chi connectivity index (χ3v) is 5.93. The number of fused-ring (bicyclic) bond motifs is 1. The fourth-order valence-corrected chi connectivity index (χ4v) is 4.18. The van der Waals surface area contributed by atoms with E-state index in [0.717, 1.165) is 59.8 Å². The van der Waals surface area contributed by atoms with E-state index >= 15 is 0 Å². The van der Waals surface area contributed by atoms with E-state index in [9.17, 15) is 9.35 Å². The number of anilines is 1. The van der Waals surface area contributed by atoms with Gasteiger partial charge in [-0.05, 0) is 79.2 Å². The molecular formula is C21H25NO3S. The molecule has 0 radical (unpaired) electrons. The van der Waals surface area contributed by atoms with E-state index in [1.54, 1.807) is 0 Å². The summed E-state index contributed by atoms with van der Waals surface area (Å²) in [6.07, 6.45) is 5.43. The standard InChI is InChI=1S/C21H25NO3S/c23-21-13-10-17-16-18(11-12-20(17)22-21)25-14-6-1-2-7-15-26(24)19-8-4-3-5-9-19/h3-5,8-9,11-12,16H,1-2,6-7,10,13-15H2,(H,22,23). The number of benzene rings is 2. The molecule has 1 atom stereocenters. The molecule has 1 N–H and O–H groups in total. The second kappa shape index (κ2) is 9.64. The van der Waals surface area contributed by atoms with Crippen molar-refractivity contribution in [2.24, 2.45) is 0 Å². The first-order chi connectivity index (χ1) is 12.7. The van der Waals surface area contributed by atoms with Gasteiger partial charge in [0.05, 0.1) is 6.61 Å². The predicted molar refractivity (Wildman–Crippen MR) is 105 cm³/mol. The largest absolute Gasteiger partial charge is 0.611 e. The Labute approximate surface area is 158 Å². The van der Waals surface area contributed by atoms with E-state index in [1.807, 2.05) is 48.5 Å². The van der Waals surface area contributed by atoms with Crippen molar-refractivity contribution >= 4 is 22.8 Å². The molecule has 0 fully saturated rings. The molecule has 0 bridgehead atoms. The molecule has 138 valence electrons. The van der Waals surface area contributed by atoms with Crippen LogP contribution in [0.25, 0.3) is 0 Å². The normalized spacial score (nSPS) is 14.4. The van der Waals surface area contributed by atoms with Gasteiger partial charge in [0.15, 0.2) is 4.90 Å². The van der Waals surface area contributed by atoms with Crippen LogP contribution in [0, 0.1) is 0 Å². The van der Waals surface area contributed by atoms with Gasteiger partial charge in [0.25, 0.3) is 0 Å². The highest BCUT2D eigenvalue weighted by Crippen LogP contribution is 2.26. The summed E-state index contributed by atoms with van der Waals surface area (Å²) in [5, 5.41) is 2.88. The zero-order valence-electron chi connectivity index (χ0n) is 14.9. The van der Waals surface area contributed by atoms with E-state index in [2.05, 4.69) is 5.32 Å². The minimum Gasteiger partial charge on any atom is -0.611 e. The number of rotatable bonds is 9. The number of aryl methyl sites for hydroxylation is 1. The molecule has 3 rings (SSSR count). The average molecular weight is 372 g/mol. The van der Waals surface area contributed by atoms with Crippen molar-refractivity contribution in [2.75, 3.05) is 17.7 Å². The van der Waals surface area contributed by atoms with E-state index in [1.165, 1.54) is 0 Å². The summed E-state index contributed by atoms with van der Waals surface area (Å²) in [4.78, 5) is 12.3. The zero-order valence-corrected chi connectivity index (χ0v) is 15.7. The first-order valence-corrected chi connectivity index (χ1v) is 10.5. The van der Waals surface area contributed by atoms with Crippen molar-refractivity contribution in [2.45, 2.75) is 43.4 Å². The summed E-state index contributed by atoms with van der Waals surface area (Å²) in [5.74, 6) is 1.67. The molecule has 1 heterocycles. The molecule has 0 spiro atoms. The van der Waals surface area contributed by atoms with Crippen molar-refractivity contribution in [3.8, 4) is 5.75 Å². The van der Waals surface area contributed by atoms with Crippen LogP contribution in [0.2, 0.25) is 0 Å². The van der Waals surface area contributed by atoms with Crippen LogP contribution in [0.5, 0.6) is 5.75 Å². The van der Waals surface area contributed by atoms with Crippen LogP contribution in [0.3, 0.4) is 0 Å². The van der Waals surface area contributed by atoms with Gasteiger partial charge in [0.1, 0.15) is 11.5 Å². The molecule has 1 amide bonds. The van der Waals surface area contributed by atoms with Gasteiger partial charge >= 0.3 is 0 Å². The number of hydrogen-bond donors (Lipinski definition) is 1. The molecule has 0 aromatic heterocycles. The second-order valence-corrected chi connectivity index (χ2v) is 8.06. The maximum absolute atomic E-state index is 12.1. The fourth-order valence-electron chi connectivity index (χ4n) is 3.02. The quantitative estimate of drug-likeness (QED) is 0.527. The molecule has 1 aliphatic heterocycles. The first-order valence-electron chi connectivity index (χ1n) is 9.21. The van der Waals surface area contributed by atoms with Gasteiger partial charge < -0.3 is 14.6 Å². The third kappa shape index (κ3) is 5.51. The Morgan fingerprint density at radius 1 is 1.00 bits per heavy atom. The Morgan fingerprint density at radius 3 is 2.65 bits per heavy atom. The van der Waals surface area contributed by atoms with Crippen LogP contribution in [0.4, 0.5) is 5.69 Å². The molecule has 0 aliphatic carbocycles. The molecule has 1 aliphatic rings. The van der Waals surface area contributed by atoms with Gasteiger partial charge in [-0.3, -0.25) is 4.79 Å². The molecule has 2 aromatic rings. The molecule has 1 unspecified atom stereocenters. The van der Waals surface area contributed by atoms with E-state index in [4.69, 9.17) is 4.74 Å². The van der Waals surface area contributed by atoms with E-state index in [0.29, 0.717) is 13.0 Å². The number of nitrogens with one attached hydrogen (secondary N) is 1. The van der Waals surface area contributed by atoms with Gasteiger partial charge in [0, 0.05) is 12.1 Å². The molecule has 5 heteroatoms. The summed E-state index contributed by atoms with van der Waals surface area (Å²) < 4.78 is 17.9. The van der Waals surface area contributed by atoms with Gasteiger partial charge in [-0.25, -0.2) is 0 Å². The highest BCUT2D eigenvalue weighted by atomic mass is 32.2. The number of carbonyl (C=O) groups excluding carboxylic acids is 1. The van der Waals surface area contributed by atoms with E-state index in [-0.39, 0.29) is 5.91 Å². The average Bonchev–Trinajstić information content (AvgIpc) is 2.67. The molecule has 2 aromatic carbocycles. The number of ether oxygens (including phenoxy) is 1. The summed E-state index contributed by atoms with van der Waals surface area (Å²) in [6.45, 7) is 0.687. The fraction of sp³-hybridized carbons (Fsp3) is 0.381. The number of amides is 1. The third-order valence-electron chi connectivity index (χ3n) is 4.47. The summed E-state index contributed by atoms with van der Waals surface area (Å²) in [5.41, 5.74) is 2.05. The van der Waals surface area contributed by atoms with Crippen molar-refractivity contribution in [1.82, 2.24) is 0 Å². The SMILES string of the molecule is O=C1CCc2cc(OCCCCCC[S+]([O-])c3ccccc3)ccc2N1. The zero-order chi connectivity index (χ0) is 18.2. The Kier molecular flexibility index (Phi) is 6.97. The lowest BCUT2D eigenvalue weighted by molar-refractivity contribution is -0.116. The lowest BCUT2D eigenvalue weighted by atomic mass is 10.0. The molecule has 26 heavy (non-hydrogen) atoms. The maximum atomic E-state index is 12.1. The smallest absolute Gasteiger partial charge is 0.224 e. The van der Waals surface area contributed by atoms with E-state index < -0.39 is 11.2 Å².